The van der Waals surface area contributed by atoms with E-state index in [1.807, 2.05) is 0 Å². The molecule has 0 unspecified atom stereocenters. The van der Waals surface area contributed by atoms with Crippen LogP contribution in [0.25, 0.3) is 0 Å². The lowest BCUT2D eigenvalue weighted by Gasteiger charge is -2.27. The van der Waals surface area contributed by atoms with E-state index in [4.69, 9.17) is 4.74 Å². The average molecular weight is 385 g/mol. The number of morpholine rings is 1. The molecule has 3 rings (SSSR count). The lowest BCUT2D eigenvalue weighted by atomic mass is 9.93. The van der Waals surface area contributed by atoms with Gasteiger partial charge in [0, 0.05) is 25.2 Å². The van der Waals surface area contributed by atoms with Crippen LogP contribution < -0.4 is 5.32 Å². The van der Waals surface area contributed by atoms with Gasteiger partial charge in [0.05, 0.1) is 29.1 Å². The van der Waals surface area contributed by atoms with Crippen molar-refractivity contribution in [2.75, 3.05) is 31.6 Å². The summed E-state index contributed by atoms with van der Waals surface area (Å²) in [6.07, 6.45) is 2.41. The van der Waals surface area contributed by atoms with Gasteiger partial charge in [0.1, 0.15) is 5.69 Å². The van der Waals surface area contributed by atoms with Crippen LogP contribution in [-0.2, 0) is 14.8 Å². The van der Waals surface area contributed by atoms with Crippen LogP contribution in [-0.4, -0.2) is 61.2 Å². The van der Waals surface area contributed by atoms with E-state index >= 15 is 0 Å². The van der Waals surface area contributed by atoms with Crippen molar-refractivity contribution in [1.29, 1.82) is 0 Å². The number of ether oxygens (including phenoxy) is 1. The van der Waals surface area contributed by atoms with Gasteiger partial charge in [-0.25, -0.2) is 8.42 Å². The first kappa shape index (κ1) is 19.0. The summed E-state index contributed by atoms with van der Waals surface area (Å²) >= 11 is 0. The SMILES string of the molecule is O=[N+]([O-])c1cc(S(=O)(=O)N2CCOCC2)ccc1NC1CCC(O)CC1. The lowest BCUT2D eigenvalue weighted by molar-refractivity contribution is -0.384. The standard InChI is InChI=1S/C16H23N3O6S/c20-13-3-1-12(2-4-13)17-15-6-5-14(11-16(15)19(21)22)26(23,24)18-7-9-25-10-8-18/h5-6,11-13,17,20H,1-4,7-10H2. The molecule has 0 radical (unpaired) electrons. The highest BCUT2D eigenvalue weighted by atomic mass is 32.2. The number of hydrogen-bond donors (Lipinski definition) is 2. The molecule has 0 spiro atoms. The molecule has 1 saturated heterocycles. The third kappa shape index (κ3) is 4.14. The summed E-state index contributed by atoms with van der Waals surface area (Å²) in [4.78, 5) is 10.8. The fourth-order valence-corrected chi connectivity index (χ4v) is 4.75. The number of benzene rings is 1. The first-order chi connectivity index (χ1) is 12.4. The number of anilines is 1. The van der Waals surface area contributed by atoms with Crippen LogP contribution in [0.1, 0.15) is 25.7 Å². The van der Waals surface area contributed by atoms with E-state index in [1.54, 1.807) is 0 Å². The van der Waals surface area contributed by atoms with Gasteiger partial charge in [0.15, 0.2) is 0 Å². The summed E-state index contributed by atoms with van der Waals surface area (Å²) in [6.45, 7) is 1.10. The molecule has 1 saturated carbocycles. The van der Waals surface area contributed by atoms with Gasteiger partial charge in [0.25, 0.3) is 5.69 Å². The number of nitro benzene ring substituents is 1. The maximum Gasteiger partial charge on any atom is 0.293 e. The Morgan fingerprint density at radius 1 is 1.19 bits per heavy atom. The molecule has 1 aromatic carbocycles. The Hall–Kier alpha value is -1.75. The largest absolute Gasteiger partial charge is 0.393 e. The van der Waals surface area contributed by atoms with Gasteiger partial charge in [0.2, 0.25) is 10.0 Å². The molecule has 0 bridgehead atoms. The summed E-state index contributed by atoms with van der Waals surface area (Å²) in [5.74, 6) is 0. The van der Waals surface area contributed by atoms with Crippen molar-refractivity contribution in [1.82, 2.24) is 4.31 Å². The molecule has 0 amide bonds. The van der Waals surface area contributed by atoms with Gasteiger partial charge in [-0.05, 0) is 37.8 Å². The minimum Gasteiger partial charge on any atom is -0.393 e. The maximum atomic E-state index is 12.7. The zero-order valence-corrected chi connectivity index (χ0v) is 15.2. The number of rotatable bonds is 5. The second-order valence-corrected chi connectivity index (χ2v) is 8.54. The predicted molar refractivity (Wildman–Crippen MR) is 94.6 cm³/mol. The molecule has 2 aliphatic rings. The molecular weight excluding hydrogens is 362 g/mol. The molecule has 1 heterocycles. The smallest absolute Gasteiger partial charge is 0.293 e. The zero-order chi connectivity index (χ0) is 18.7. The van der Waals surface area contributed by atoms with Crippen molar-refractivity contribution in [3.63, 3.8) is 0 Å². The summed E-state index contributed by atoms with van der Waals surface area (Å²) in [6, 6.07) is 4.00. The highest BCUT2D eigenvalue weighted by molar-refractivity contribution is 7.89. The molecule has 2 N–H and O–H groups in total. The van der Waals surface area contributed by atoms with Crippen LogP contribution >= 0.6 is 0 Å². The third-order valence-electron chi connectivity index (χ3n) is 4.83. The van der Waals surface area contributed by atoms with Crippen molar-refractivity contribution in [2.24, 2.45) is 0 Å². The van der Waals surface area contributed by atoms with E-state index in [0.29, 0.717) is 44.6 Å². The Kier molecular flexibility index (Phi) is 5.76. The Morgan fingerprint density at radius 2 is 1.85 bits per heavy atom. The molecule has 1 aliphatic heterocycles. The van der Waals surface area contributed by atoms with Crippen molar-refractivity contribution in [2.45, 2.75) is 42.7 Å². The molecule has 0 aromatic heterocycles. The quantitative estimate of drug-likeness (QED) is 0.579. The first-order valence-corrected chi connectivity index (χ1v) is 10.1. The molecule has 1 aliphatic carbocycles. The average Bonchev–Trinajstić information content (AvgIpc) is 2.64. The first-order valence-electron chi connectivity index (χ1n) is 8.69. The van der Waals surface area contributed by atoms with E-state index in [1.165, 1.54) is 16.4 Å². The van der Waals surface area contributed by atoms with Crippen LogP contribution in [0.2, 0.25) is 0 Å². The van der Waals surface area contributed by atoms with E-state index in [-0.39, 0.29) is 35.8 Å². The number of sulfonamides is 1. The number of aliphatic hydroxyl groups excluding tert-OH is 1. The van der Waals surface area contributed by atoms with Crippen LogP contribution in [0.5, 0.6) is 0 Å². The second-order valence-electron chi connectivity index (χ2n) is 6.60. The highest BCUT2D eigenvalue weighted by Crippen LogP contribution is 2.31. The summed E-state index contributed by atoms with van der Waals surface area (Å²) < 4.78 is 31.8. The fraction of sp³-hybridized carbons (Fsp3) is 0.625. The van der Waals surface area contributed by atoms with Crippen LogP contribution in [0.4, 0.5) is 11.4 Å². The molecule has 1 aromatic rings. The molecule has 0 atom stereocenters. The number of nitrogens with one attached hydrogen (secondary N) is 1. The van der Waals surface area contributed by atoms with Crippen molar-refractivity contribution in [3.8, 4) is 0 Å². The van der Waals surface area contributed by atoms with E-state index in [0.717, 1.165) is 6.07 Å². The van der Waals surface area contributed by atoms with E-state index < -0.39 is 14.9 Å². The Labute approximate surface area is 152 Å². The fourth-order valence-electron chi connectivity index (χ4n) is 3.32. The Balaban J connectivity index is 1.83. The summed E-state index contributed by atoms with van der Waals surface area (Å²) in [5, 5.41) is 24.2. The van der Waals surface area contributed by atoms with Gasteiger partial charge in [-0.15, -0.1) is 0 Å². The number of nitrogens with zero attached hydrogens (tertiary/aromatic N) is 2. The Morgan fingerprint density at radius 3 is 2.46 bits per heavy atom. The molecule has 26 heavy (non-hydrogen) atoms. The van der Waals surface area contributed by atoms with Gasteiger partial charge in [-0.1, -0.05) is 0 Å². The van der Waals surface area contributed by atoms with Crippen LogP contribution in [0, 0.1) is 10.1 Å². The van der Waals surface area contributed by atoms with Crippen LogP contribution in [0.3, 0.4) is 0 Å². The zero-order valence-electron chi connectivity index (χ0n) is 14.3. The number of aliphatic hydroxyl groups is 1. The normalized spacial score (nSPS) is 25.0. The second kappa shape index (κ2) is 7.87. The molecule has 2 fully saturated rings. The molecule has 9 nitrogen and oxygen atoms in total. The van der Waals surface area contributed by atoms with Crippen LogP contribution in [0.15, 0.2) is 23.1 Å². The molecule has 10 heteroatoms. The Bertz CT molecular complexity index is 755. The minimum atomic E-state index is -3.79. The minimum absolute atomic E-state index is 0.0267. The molecule has 144 valence electrons. The maximum absolute atomic E-state index is 12.7. The number of hydrogen-bond acceptors (Lipinski definition) is 7. The monoisotopic (exact) mass is 385 g/mol. The summed E-state index contributed by atoms with van der Waals surface area (Å²) in [5.41, 5.74) is 0.0442. The van der Waals surface area contributed by atoms with Gasteiger partial charge < -0.3 is 15.2 Å². The highest BCUT2D eigenvalue weighted by Gasteiger charge is 2.29. The summed E-state index contributed by atoms with van der Waals surface area (Å²) in [7, 11) is -3.79. The molecular formula is C16H23N3O6S. The topological polar surface area (TPSA) is 122 Å². The van der Waals surface area contributed by atoms with Crippen molar-refractivity contribution >= 4 is 21.4 Å². The van der Waals surface area contributed by atoms with Gasteiger partial charge in [-0.2, -0.15) is 4.31 Å². The van der Waals surface area contributed by atoms with E-state index in [9.17, 15) is 23.6 Å². The van der Waals surface area contributed by atoms with Crippen molar-refractivity contribution < 1.29 is 23.2 Å². The third-order valence-corrected chi connectivity index (χ3v) is 6.72. The van der Waals surface area contributed by atoms with Crippen molar-refractivity contribution in [3.05, 3.63) is 28.3 Å². The van der Waals surface area contributed by atoms with Gasteiger partial charge >= 0.3 is 0 Å². The van der Waals surface area contributed by atoms with Gasteiger partial charge in [-0.3, -0.25) is 10.1 Å². The van der Waals surface area contributed by atoms with E-state index in [2.05, 4.69) is 5.32 Å². The predicted octanol–water partition coefficient (Wildman–Crippen LogP) is 1.33. The number of nitro groups is 1. The lowest BCUT2D eigenvalue weighted by Crippen LogP contribution is -2.40.